The maximum absolute atomic E-state index is 13.3. The molecule has 30 heavy (non-hydrogen) atoms. The van der Waals surface area contributed by atoms with Crippen molar-refractivity contribution in [3.63, 3.8) is 0 Å². The number of esters is 1. The average molecular weight is 400 g/mol. The number of para-hydroxylation sites is 1. The number of methoxy groups -OCH3 is 1. The van der Waals surface area contributed by atoms with E-state index in [9.17, 15) is 14.9 Å². The van der Waals surface area contributed by atoms with Crippen LogP contribution < -0.4 is 20.7 Å². The summed E-state index contributed by atoms with van der Waals surface area (Å²) in [4.78, 5) is 27.8. The smallest absolute Gasteiger partial charge is 0.338 e. The first-order valence-corrected chi connectivity index (χ1v) is 9.20. The molecule has 0 bridgehead atoms. The summed E-state index contributed by atoms with van der Waals surface area (Å²) >= 11 is 0. The van der Waals surface area contributed by atoms with Gasteiger partial charge in [0.05, 0.1) is 24.0 Å². The Balaban J connectivity index is 1.82. The van der Waals surface area contributed by atoms with Gasteiger partial charge in [0.25, 0.3) is 0 Å². The van der Waals surface area contributed by atoms with Gasteiger partial charge in [0.2, 0.25) is 5.91 Å². The number of fused-ring (bicyclic) bond motifs is 3. The third kappa shape index (κ3) is 2.03. The number of anilines is 2. The van der Waals surface area contributed by atoms with Crippen molar-refractivity contribution in [3.05, 3.63) is 76.8 Å². The molecule has 0 saturated heterocycles. The van der Waals surface area contributed by atoms with Crippen molar-refractivity contribution in [2.45, 2.75) is 5.41 Å². The zero-order valence-electron chi connectivity index (χ0n) is 15.9. The van der Waals surface area contributed by atoms with Crippen LogP contribution in [0, 0.1) is 11.3 Å². The van der Waals surface area contributed by atoms with Gasteiger partial charge >= 0.3 is 5.97 Å². The van der Waals surface area contributed by atoms with Crippen molar-refractivity contribution < 1.29 is 19.1 Å². The number of carbonyl (C=O) groups is 2. The standard InChI is InChI=1S/C22H16N4O4/c1-29-13-8-6-12(7-9-13)26-17-11-30-20(27)18(17)22(15(10-23)19(26)24)14-4-2-3-5-16(14)25-21(22)28/h2-9H,11,24H2,1H3,(H,25,28)/t22-/m0/s1. The van der Waals surface area contributed by atoms with Crippen LogP contribution in [0.2, 0.25) is 0 Å². The molecule has 1 atom stereocenters. The first-order valence-electron chi connectivity index (χ1n) is 9.20. The van der Waals surface area contributed by atoms with Crippen molar-refractivity contribution in [2.24, 2.45) is 5.73 Å². The Morgan fingerprint density at radius 2 is 1.93 bits per heavy atom. The lowest BCUT2D eigenvalue weighted by Crippen LogP contribution is -2.48. The van der Waals surface area contributed by atoms with E-state index in [1.165, 1.54) is 0 Å². The molecule has 3 N–H and O–H groups in total. The van der Waals surface area contributed by atoms with Crippen LogP contribution in [0.3, 0.4) is 0 Å². The number of cyclic esters (lactones) is 1. The summed E-state index contributed by atoms with van der Waals surface area (Å²) in [6.45, 7) is -0.0587. The van der Waals surface area contributed by atoms with E-state index in [-0.39, 0.29) is 23.6 Å². The second kappa shape index (κ2) is 6.12. The Labute approximate surface area is 171 Å². The maximum atomic E-state index is 13.3. The number of benzene rings is 2. The fraction of sp³-hybridized carbons (Fsp3) is 0.136. The van der Waals surface area contributed by atoms with Crippen molar-refractivity contribution >= 4 is 23.3 Å². The second-order valence-corrected chi connectivity index (χ2v) is 7.05. The molecule has 0 aliphatic carbocycles. The fourth-order valence-corrected chi connectivity index (χ4v) is 4.44. The molecule has 148 valence electrons. The van der Waals surface area contributed by atoms with E-state index in [1.807, 2.05) is 0 Å². The molecule has 1 spiro atoms. The first kappa shape index (κ1) is 17.8. The number of nitrogens with two attached hydrogens (primary N) is 1. The SMILES string of the molecule is COc1ccc(N2C(N)=C(C#N)[C@]3(C(=O)Nc4ccccc43)C3=C2COC3=O)cc1. The molecule has 5 rings (SSSR count). The third-order valence-corrected chi connectivity index (χ3v) is 5.71. The molecule has 2 aromatic rings. The number of nitrogens with zero attached hydrogens (tertiary/aromatic N) is 2. The lowest BCUT2D eigenvalue weighted by molar-refractivity contribution is -0.137. The number of amides is 1. The second-order valence-electron chi connectivity index (χ2n) is 7.05. The molecular weight excluding hydrogens is 384 g/mol. The van der Waals surface area contributed by atoms with E-state index >= 15 is 0 Å². The van der Waals surface area contributed by atoms with Gasteiger partial charge in [-0.25, -0.2) is 4.79 Å². The van der Waals surface area contributed by atoms with Gasteiger partial charge in [-0.1, -0.05) is 18.2 Å². The molecule has 0 fully saturated rings. The van der Waals surface area contributed by atoms with Crippen molar-refractivity contribution in [1.29, 1.82) is 5.26 Å². The fourth-order valence-electron chi connectivity index (χ4n) is 4.44. The van der Waals surface area contributed by atoms with Gasteiger partial charge in [-0.05, 0) is 30.3 Å². The van der Waals surface area contributed by atoms with E-state index in [0.717, 1.165) is 0 Å². The van der Waals surface area contributed by atoms with Crippen LogP contribution >= 0.6 is 0 Å². The third-order valence-electron chi connectivity index (χ3n) is 5.71. The Hall–Kier alpha value is -4.25. The number of hydrogen-bond acceptors (Lipinski definition) is 7. The van der Waals surface area contributed by atoms with Gasteiger partial charge in [0.1, 0.15) is 29.7 Å². The molecule has 0 unspecified atom stereocenters. The van der Waals surface area contributed by atoms with Crippen LogP contribution in [0.1, 0.15) is 5.56 Å². The number of nitriles is 1. The van der Waals surface area contributed by atoms with E-state index in [2.05, 4.69) is 11.4 Å². The van der Waals surface area contributed by atoms with Gasteiger partial charge in [-0.15, -0.1) is 0 Å². The lowest BCUT2D eigenvalue weighted by atomic mass is 9.67. The zero-order chi connectivity index (χ0) is 21.0. The molecule has 0 radical (unpaired) electrons. The summed E-state index contributed by atoms with van der Waals surface area (Å²) in [5.41, 5.74) is 7.05. The van der Waals surface area contributed by atoms with Crippen molar-refractivity contribution in [3.8, 4) is 11.8 Å². The molecule has 2 aromatic carbocycles. The quantitative estimate of drug-likeness (QED) is 0.740. The maximum Gasteiger partial charge on any atom is 0.338 e. The molecule has 3 heterocycles. The molecule has 8 heteroatoms. The molecular formula is C22H16N4O4. The number of nitrogens with one attached hydrogen (secondary N) is 1. The van der Waals surface area contributed by atoms with Crippen molar-refractivity contribution in [2.75, 3.05) is 23.9 Å². The summed E-state index contributed by atoms with van der Waals surface area (Å²) in [5.74, 6) is -0.418. The van der Waals surface area contributed by atoms with Crippen LogP contribution in [0.5, 0.6) is 5.75 Å². The van der Waals surface area contributed by atoms with Crippen LogP contribution in [-0.2, 0) is 19.7 Å². The molecule has 3 aliphatic rings. The van der Waals surface area contributed by atoms with Crippen molar-refractivity contribution in [1.82, 2.24) is 0 Å². The Bertz CT molecular complexity index is 1220. The van der Waals surface area contributed by atoms with E-state index < -0.39 is 17.3 Å². The number of carbonyl (C=O) groups excluding carboxylic acids is 2. The molecule has 0 saturated carbocycles. The molecule has 0 aromatic heterocycles. The van der Waals surface area contributed by atoms with Gasteiger partial charge in [-0.2, -0.15) is 5.26 Å². The summed E-state index contributed by atoms with van der Waals surface area (Å²) in [6, 6.07) is 16.1. The Morgan fingerprint density at radius 3 is 2.63 bits per heavy atom. The number of ether oxygens (including phenoxy) is 2. The highest BCUT2D eigenvalue weighted by Gasteiger charge is 2.61. The highest BCUT2D eigenvalue weighted by molar-refractivity contribution is 6.18. The minimum absolute atomic E-state index is 0.0154. The Kier molecular flexibility index (Phi) is 3.64. The minimum Gasteiger partial charge on any atom is -0.497 e. The predicted molar refractivity (Wildman–Crippen MR) is 107 cm³/mol. The van der Waals surface area contributed by atoms with Crippen LogP contribution in [0.15, 0.2) is 71.2 Å². The molecule has 1 amide bonds. The first-order chi connectivity index (χ1) is 14.5. The topological polar surface area (TPSA) is 118 Å². The summed E-state index contributed by atoms with van der Waals surface area (Å²) in [7, 11) is 1.56. The minimum atomic E-state index is -1.64. The van der Waals surface area contributed by atoms with Gasteiger partial charge in [-0.3, -0.25) is 9.69 Å². The highest BCUT2D eigenvalue weighted by Crippen LogP contribution is 2.54. The van der Waals surface area contributed by atoms with Crippen LogP contribution in [-0.4, -0.2) is 25.6 Å². The number of hydrogen-bond donors (Lipinski definition) is 2. The molecule has 3 aliphatic heterocycles. The largest absolute Gasteiger partial charge is 0.497 e. The summed E-state index contributed by atoms with van der Waals surface area (Å²) in [5, 5.41) is 12.9. The number of rotatable bonds is 2. The van der Waals surface area contributed by atoms with E-state index in [4.69, 9.17) is 15.2 Å². The monoisotopic (exact) mass is 400 g/mol. The van der Waals surface area contributed by atoms with Gasteiger partial charge in [0.15, 0.2) is 0 Å². The summed E-state index contributed by atoms with van der Waals surface area (Å²) < 4.78 is 10.5. The predicted octanol–water partition coefficient (Wildman–Crippen LogP) is 1.91. The molecule has 8 nitrogen and oxygen atoms in total. The van der Waals surface area contributed by atoms with E-state index in [1.54, 1.807) is 60.5 Å². The van der Waals surface area contributed by atoms with Crippen LogP contribution in [0.25, 0.3) is 0 Å². The zero-order valence-corrected chi connectivity index (χ0v) is 15.9. The average Bonchev–Trinajstić information content (AvgIpc) is 3.27. The normalized spacial score (nSPS) is 21.9. The Morgan fingerprint density at radius 1 is 1.20 bits per heavy atom. The van der Waals surface area contributed by atoms with E-state index in [0.29, 0.717) is 28.4 Å². The summed E-state index contributed by atoms with van der Waals surface area (Å²) in [6.07, 6.45) is 0. The van der Waals surface area contributed by atoms with Gasteiger partial charge in [0, 0.05) is 16.9 Å². The van der Waals surface area contributed by atoms with Gasteiger partial charge < -0.3 is 20.5 Å². The lowest BCUT2D eigenvalue weighted by Gasteiger charge is -2.38. The highest BCUT2D eigenvalue weighted by atomic mass is 16.5. The van der Waals surface area contributed by atoms with Crippen LogP contribution in [0.4, 0.5) is 11.4 Å².